The Morgan fingerprint density at radius 1 is 1.07 bits per heavy atom. The highest BCUT2D eigenvalue weighted by Crippen LogP contribution is 2.36. The Morgan fingerprint density at radius 3 is 2.47 bits per heavy atom. The van der Waals surface area contributed by atoms with Crippen LogP contribution in [0.25, 0.3) is 16.5 Å². The van der Waals surface area contributed by atoms with Crippen LogP contribution in [0, 0.1) is 13.8 Å². The van der Waals surface area contributed by atoms with Gasteiger partial charge in [-0.1, -0.05) is 42.0 Å². The van der Waals surface area contributed by atoms with Crippen molar-refractivity contribution in [1.29, 1.82) is 0 Å². The van der Waals surface area contributed by atoms with E-state index in [1.165, 1.54) is 27.7 Å². The number of hydrogen-bond acceptors (Lipinski definition) is 3. The predicted octanol–water partition coefficient (Wildman–Crippen LogP) is 4.13. The lowest BCUT2D eigenvalue weighted by atomic mass is 9.97. The smallest absolute Gasteiger partial charge is 0.243 e. The Labute approximate surface area is 177 Å². The predicted molar refractivity (Wildman–Crippen MR) is 119 cm³/mol. The summed E-state index contributed by atoms with van der Waals surface area (Å²) in [5, 5.41) is 1.23. The third kappa shape index (κ3) is 3.39. The molecule has 1 aromatic heterocycles. The molecule has 1 atom stereocenters. The molecule has 0 radical (unpaired) electrons. The summed E-state index contributed by atoms with van der Waals surface area (Å²) < 4.78 is 35.5. The summed E-state index contributed by atoms with van der Waals surface area (Å²) in [6, 6.07) is 15.6. The number of epoxide rings is 1. The molecule has 2 aliphatic rings. The molecule has 0 amide bonds. The molecule has 1 saturated heterocycles. The van der Waals surface area contributed by atoms with Gasteiger partial charge in [-0.05, 0) is 44.0 Å². The van der Waals surface area contributed by atoms with Crippen molar-refractivity contribution in [3.8, 4) is 0 Å². The van der Waals surface area contributed by atoms with Crippen LogP contribution in [-0.2, 0) is 21.3 Å². The number of aryl methyl sites for hydroxylation is 1. The topological polar surface area (TPSA) is 54.8 Å². The summed E-state index contributed by atoms with van der Waals surface area (Å²) in [6.45, 7) is 6.71. The van der Waals surface area contributed by atoms with E-state index >= 15 is 0 Å². The molecule has 5 rings (SSSR count). The van der Waals surface area contributed by atoms with Crippen molar-refractivity contribution in [2.45, 2.75) is 37.8 Å². The second kappa shape index (κ2) is 7.38. The maximum atomic E-state index is 13.0. The van der Waals surface area contributed by atoms with Crippen LogP contribution in [0.5, 0.6) is 0 Å². The van der Waals surface area contributed by atoms with Crippen molar-refractivity contribution in [3.05, 3.63) is 71.4 Å². The number of para-hydroxylation sites is 1. The lowest BCUT2D eigenvalue weighted by molar-refractivity contribution is 0.384. The Morgan fingerprint density at radius 2 is 1.80 bits per heavy atom. The van der Waals surface area contributed by atoms with E-state index in [1.54, 1.807) is 16.4 Å². The third-order valence-corrected chi connectivity index (χ3v) is 8.05. The summed E-state index contributed by atoms with van der Waals surface area (Å²) >= 11 is 0. The van der Waals surface area contributed by atoms with Crippen molar-refractivity contribution in [2.75, 3.05) is 19.7 Å². The maximum absolute atomic E-state index is 13.0. The summed E-state index contributed by atoms with van der Waals surface area (Å²) in [6.07, 6.45) is 3.10. The van der Waals surface area contributed by atoms with Gasteiger partial charge in [0.15, 0.2) is 0 Å². The Kier molecular flexibility index (Phi) is 4.81. The van der Waals surface area contributed by atoms with Crippen LogP contribution in [0.3, 0.4) is 0 Å². The largest absolute Gasteiger partial charge is 0.371 e. The molecular weight excluding hydrogens is 396 g/mol. The van der Waals surface area contributed by atoms with Gasteiger partial charge in [-0.3, -0.25) is 0 Å². The third-order valence-electron chi connectivity index (χ3n) is 6.17. The standard InChI is InChI=1S/C24H26N2O3S/c1-17-7-9-21(10-8-17)30(27,28)25-13-11-19(12-14-25)24-18(2)26(15-20-16-29-20)23-6-4-3-5-22(23)24/h3-11,20H,12-16H2,1-2H3/t20-/m1/s1. The van der Waals surface area contributed by atoms with Gasteiger partial charge >= 0.3 is 0 Å². The van der Waals surface area contributed by atoms with E-state index < -0.39 is 10.0 Å². The highest BCUT2D eigenvalue weighted by atomic mass is 32.2. The van der Waals surface area contributed by atoms with Crippen molar-refractivity contribution in [2.24, 2.45) is 0 Å². The molecule has 0 spiro atoms. The maximum Gasteiger partial charge on any atom is 0.243 e. The number of benzene rings is 2. The highest BCUT2D eigenvalue weighted by molar-refractivity contribution is 7.89. The van der Waals surface area contributed by atoms with Crippen LogP contribution in [0.15, 0.2) is 59.5 Å². The number of ether oxygens (including phenoxy) is 1. The quantitative estimate of drug-likeness (QED) is 0.581. The van der Waals surface area contributed by atoms with Gasteiger partial charge in [-0.2, -0.15) is 4.31 Å². The van der Waals surface area contributed by atoms with Gasteiger partial charge in [-0.25, -0.2) is 8.42 Å². The molecule has 1 fully saturated rings. The van der Waals surface area contributed by atoms with Gasteiger partial charge in [0.2, 0.25) is 10.0 Å². The number of nitrogens with zero attached hydrogens (tertiary/aromatic N) is 2. The molecular formula is C24H26N2O3S. The van der Waals surface area contributed by atoms with Gasteiger partial charge in [-0.15, -0.1) is 0 Å². The molecule has 0 bridgehead atoms. The van der Waals surface area contributed by atoms with Crippen molar-refractivity contribution < 1.29 is 13.2 Å². The number of rotatable bonds is 5. The van der Waals surface area contributed by atoms with E-state index in [2.05, 4.69) is 41.8 Å². The molecule has 0 N–H and O–H groups in total. The minimum absolute atomic E-state index is 0.308. The van der Waals surface area contributed by atoms with Crippen LogP contribution in [-0.4, -0.2) is 43.1 Å². The lowest BCUT2D eigenvalue weighted by Crippen LogP contribution is -2.34. The molecule has 0 saturated carbocycles. The summed E-state index contributed by atoms with van der Waals surface area (Å²) in [5.74, 6) is 0. The fourth-order valence-electron chi connectivity index (χ4n) is 4.40. The number of hydrogen-bond donors (Lipinski definition) is 0. The van der Waals surface area contributed by atoms with E-state index in [0.717, 1.165) is 18.7 Å². The Bertz CT molecular complexity index is 1240. The fraction of sp³-hybridized carbons (Fsp3) is 0.333. The SMILES string of the molecule is Cc1ccc(S(=O)(=O)N2CC=C(c3c(C)n(C[C@@H]4CO4)c4ccccc34)CC2)cc1. The number of aromatic nitrogens is 1. The van der Waals surface area contributed by atoms with Crippen LogP contribution in [0.4, 0.5) is 0 Å². The molecule has 156 valence electrons. The summed E-state index contributed by atoms with van der Waals surface area (Å²) in [4.78, 5) is 0.363. The second-order valence-corrected chi connectivity index (χ2v) is 10.1. The fourth-order valence-corrected chi connectivity index (χ4v) is 5.78. The minimum Gasteiger partial charge on any atom is -0.371 e. The van der Waals surface area contributed by atoms with E-state index in [-0.39, 0.29) is 0 Å². The summed E-state index contributed by atoms with van der Waals surface area (Å²) in [7, 11) is -3.47. The molecule has 2 aliphatic heterocycles. The average Bonchev–Trinajstić information content (AvgIpc) is 3.53. The molecule has 2 aromatic carbocycles. The molecule has 0 aliphatic carbocycles. The highest BCUT2D eigenvalue weighted by Gasteiger charge is 2.29. The minimum atomic E-state index is -3.47. The van der Waals surface area contributed by atoms with Gasteiger partial charge in [0.25, 0.3) is 0 Å². The van der Waals surface area contributed by atoms with Gasteiger partial charge < -0.3 is 9.30 Å². The summed E-state index contributed by atoms with van der Waals surface area (Å²) in [5.41, 5.74) is 5.98. The van der Waals surface area contributed by atoms with Crippen LogP contribution >= 0.6 is 0 Å². The Balaban J connectivity index is 1.47. The monoisotopic (exact) mass is 422 g/mol. The second-order valence-electron chi connectivity index (χ2n) is 8.20. The van der Waals surface area contributed by atoms with E-state index in [0.29, 0.717) is 30.5 Å². The number of fused-ring (bicyclic) bond motifs is 1. The van der Waals surface area contributed by atoms with Gasteiger partial charge in [0.05, 0.1) is 24.2 Å². The zero-order chi connectivity index (χ0) is 20.9. The number of sulfonamides is 1. The zero-order valence-electron chi connectivity index (χ0n) is 17.3. The molecule has 6 heteroatoms. The van der Waals surface area contributed by atoms with Gasteiger partial charge in [0, 0.05) is 35.2 Å². The van der Waals surface area contributed by atoms with Crippen molar-refractivity contribution in [3.63, 3.8) is 0 Å². The van der Waals surface area contributed by atoms with Crippen LogP contribution in [0.2, 0.25) is 0 Å². The molecule has 3 aromatic rings. The first kappa shape index (κ1) is 19.5. The molecule has 0 unspecified atom stereocenters. The zero-order valence-corrected chi connectivity index (χ0v) is 18.2. The Hall–Kier alpha value is -2.41. The van der Waals surface area contributed by atoms with Crippen molar-refractivity contribution >= 4 is 26.5 Å². The van der Waals surface area contributed by atoms with Crippen LogP contribution in [0.1, 0.15) is 23.2 Å². The molecule has 3 heterocycles. The molecule has 30 heavy (non-hydrogen) atoms. The van der Waals surface area contributed by atoms with Crippen molar-refractivity contribution in [1.82, 2.24) is 8.87 Å². The normalized spacial score (nSPS) is 19.8. The first-order valence-electron chi connectivity index (χ1n) is 10.4. The van der Waals surface area contributed by atoms with Gasteiger partial charge in [0.1, 0.15) is 0 Å². The van der Waals surface area contributed by atoms with E-state index in [9.17, 15) is 8.42 Å². The molecule has 5 nitrogen and oxygen atoms in total. The van der Waals surface area contributed by atoms with Crippen LogP contribution < -0.4 is 0 Å². The van der Waals surface area contributed by atoms with E-state index in [4.69, 9.17) is 4.74 Å². The first-order valence-corrected chi connectivity index (χ1v) is 11.8. The average molecular weight is 423 g/mol. The lowest BCUT2D eigenvalue weighted by Gasteiger charge is -2.26. The first-order chi connectivity index (χ1) is 14.4. The van der Waals surface area contributed by atoms with E-state index in [1.807, 2.05) is 19.1 Å².